The van der Waals surface area contributed by atoms with Crippen LogP contribution in [0, 0.1) is 0 Å². The molecule has 1 aromatic carbocycles. The number of ether oxygens (including phenoxy) is 1. The van der Waals surface area contributed by atoms with E-state index in [1.807, 2.05) is 22.8 Å². The molecule has 0 radical (unpaired) electrons. The van der Waals surface area contributed by atoms with Gasteiger partial charge in [-0.15, -0.1) is 0 Å². The molecular weight excluding hydrogens is 326 g/mol. The van der Waals surface area contributed by atoms with Gasteiger partial charge in [-0.05, 0) is 63.4 Å². The van der Waals surface area contributed by atoms with E-state index in [2.05, 4.69) is 9.88 Å². The van der Waals surface area contributed by atoms with Crippen LogP contribution in [0.2, 0.25) is 0 Å². The van der Waals surface area contributed by atoms with Crippen molar-refractivity contribution < 1.29 is 4.74 Å². The summed E-state index contributed by atoms with van der Waals surface area (Å²) in [6, 6.07) is 5.75. The second kappa shape index (κ2) is 8.21. The van der Waals surface area contributed by atoms with Crippen LogP contribution in [-0.4, -0.2) is 40.7 Å². The van der Waals surface area contributed by atoms with E-state index in [0.717, 1.165) is 55.9 Å². The number of benzene rings is 1. The minimum Gasteiger partial charge on any atom is -0.494 e. The normalized spacial score (nSPS) is 18.5. The van der Waals surface area contributed by atoms with Crippen LogP contribution >= 0.6 is 0 Å². The molecule has 2 aliphatic heterocycles. The Morgan fingerprint density at radius 2 is 1.81 bits per heavy atom. The van der Waals surface area contributed by atoms with Crippen LogP contribution in [0.25, 0.3) is 10.9 Å². The maximum absolute atomic E-state index is 12.8. The van der Waals surface area contributed by atoms with Gasteiger partial charge >= 0.3 is 0 Å². The maximum Gasteiger partial charge on any atom is 0.261 e. The minimum absolute atomic E-state index is 0.0831. The molecular formula is C21H29N3O2. The lowest BCUT2D eigenvalue weighted by molar-refractivity contribution is 0.240. The second-order valence-electron chi connectivity index (χ2n) is 7.58. The number of aryl methyl sites for hydroxylation is 1. The van der Waals surface area contributed by atoms with E-state index in [1.54, 1.807) is 0 Å². The third-order valence-electron chi connectivity index (χ3n) is 5.62. The second-order valence-corrected chi connectivity index (χ2v) is 7.58. The molecule has 0 bridgehead atoms. The van der Waals surface area contributed by atoms with Gasteiger partial charge in [0.1, 0.15) is 11.6 Å². The van der Waals surface area contributed by atoms with Crippen LogP contribution in [0.5, 0.6) is 5.75 Å². The predicted octanol–water partition coefficient (Wildman–Crippen LogP) is 3.38. The van der Waals surface area contributed by atoms with Crippen molar-refractivity contribution in [3.05, 3.63) is 34.4 Å². The number of hydrogen-bond acceptors (Lipinski definition) is 4. The third kappa shape index (κ3) is 3.93. The molecule has 0 atom stereocenters. The Hall–Kier alpha value is -1.88. The average Bonchev–Trinajstić information content (AvgIpc) is 2.95. The fourth-order valence-electron chi connectivity index (χ4n) is 4.15. The average molecular weight is 355 g/mol. The zero-order valence-corrected chi connectivity index (χ0v) is 15.6. The summed E-state index contributed by atoms with van der Waals surface area (Å²) in [5, 5.41) is 0.681. The molecule has 0 N–H and O–H groups in total. The quantitative estimate of drug-likeness (QED) is 0.772. The molecule has 1 saturated heterocycles. The van der Waals surface area contributed by atoms with E-state index in [0.29, 0.717) is 12.0 Å². The summed E-state index contributed by atoms with van der Waals surface area (Å²) in [6.45, 7) is 5.04. The molecule has 1 aromatic heterocycles. The van der Waals surface area contributed by atoms with Crippen molar-refractivity contribution in [3.63, 3.8) is 0 Å². The molecule has 0 saturated carbocycles. The van der Waals surface area contributed by atoms with E-state index in [9.17, 15) is 4.79 Å². The standard InChI is InChI=1S/C21H29N3O2/c25-21-18-16-17(26-15-7-13-23-11-4-1-2-5-12-23)9-10-19(18)22-20-8-3-6-14-24(20)21/h9-10,16H,1-8,11-15H2. The summed E-state index contributed by atoms with van der Waals surface area (Å²) < 4.78 is 7.78. The van der Waals surface area contributed by atoms with E-state index in [-0.39, 0.29) is 5.56 Å². The van der Waals surface area contributed by atoms with E-state index >= 15 is 0 Å². The molecule has 1 fully saturated rings. The summed E-state index contributed by atoms with van der Waals surface area (Å²) in [5.74, 6) is 1.71. The van der Waals surface area contributed by atoms with Crippen molar-refractivity contribution in [3.8, 4) is 5.75 Å². The molecule has 5 heteroatoms. The number of rotatable bonds is 5. The van der Waals surface area contributed by atoms with Crippen molar-refractivity contribution in [2.45, 2.75) is 57.9 Å². The SMILES string of the molecule is O=c1c2cc(OCCCN3CCCCCC3)ccc2nc2n1CCCC2. The number of likely N-dealkylation sites (tertiary alicyclic amines) is 1. The fourth-order valence-corrected chi connectivity index (χ4v) is 4.15. The first-order valence-corrected chi connectivity index (χ1v) is 10.2. The van der Waals surface area contributed by atoms with E-state index in [4.69, 9.17) is 4.74 Å². The summed E-state index contributed by atoms with van der Waals surface area (Å²) in [6.07, 6.45) is 9.51. The first kappa shape index (κ1) is 17.5. The third-order valence-corrected chi connectivity index (χ3v) is 5.62. The fraction of sp³-hybridized carbons (Fsp3) is 0.619. The lowest BCUT2D eigenvalue weighted by atomic mass is 10.1. The highest BCUT2D eigenvalue weighted by Crippen LogP contribution is 2.20. The van der Waals surface area contributed by atoms with Crippen molar-refractivity contribution in [2.24, 2.45) is 0 Å². The van der Waals surface area contributed by atoms with Gasteiger partial charge in [0, 0.05) is 19.5 Å². The van der Waals surface area contributed by atoms with Crippen LogP contribution in [0.15, 0.2) is 23.0 Å². The molecule has 3 heterocycles. The largest absolute Gasteiger partial charge is 0.494 e. The summed E-state index contributed by atoms with van der Waals surface area (Å²) in [4.78, 5) is 20.0. The van der Waals surface area contributed by atoms with Crippen molar-refractivity contribution in [1.82, 2.24) is 14.5 Å². The summed E-state index contributed by atoms with van der Waals surface area (Å²) >= 11 is 0. The maximum atomic E-state index is 12.8. The van der Waals surface area contributed by atoms with Crippen LogP contribution in [0.1, 0.15) is 50.8 Å². The number of hydrogen-bond donors (Lipinski definition) is 0. The summed E-state index contributed by atoms with van der Waals surface area (Å²) in [7, 11) is 0. The Morgan fingerprint density at radius 3 is 2.65 bits per heavy atom. The number of fused-ring (bicyclic) bond motifs is 2. The first-order chi connectivity index (χ1) is 12.8. The summed E-state index contributed by atoms with van der Waals surface area (Å²) in [5.41, 5.74) is 0.875. The molecule has 2 aliphatic rings. The van der Waals surface area contributed by atoms with Gasteiger partial charge in [-0.3, -0.25) is 9.36 Å². The Balaban J connectivity index is 1.39. The van der Waals surface area contributed by atoms with Crippen LogP contribution in [0.3, 0.4) is 0 Å². The van der Waals surface area contributed by atoms with Gasteiger partial charge < -0.3 is 9.64 Å². The van der Waals surface area contributed by atoms with Gasteiger partial charge in [0.2, 0.25) is 0 Å². The molecule has 0 unspecified atom stereocenters. The van der Waals surface area contributed by atoms with Crippen molar-refractivity contribution in [1.29, 1.82) is 0 Å². The van der Waals surface area contributed by atoms with Gasteiger partial charge in [-0.1, -0.05) is 12.8 Å². The Morgan fingerprint density at radius 1 is 1.00 bits per heavy atom. The predicted molar refractivity (Wildman–Crippen MR) is 104 cm³/mol. The lowest BCUT2D eigenvalue weighted by Crippen LogP contribution is -2.28. The highest BCUT2D eigenvalue weighted by atomic mass is 16.5. The van der Waals surface area contributed by atoms with Crippen LogP contribution < -0.4 is 10.3 Å². The Labute approximate surface area is 155 Å². The van der Waals surface area contributed by atoms with Gasteiger partial charge in [0.15, 0.2) is 0 Å². The molecule has 26 heavy (non-hydrogen) atoms. The topological polar surface area (TPSA) is 47.4 Å². The van der Waals surface area contributed by atoms with E-state index < -0.39 is 0 Å². The zero-order chi connectivity index (χ0) is 17.8. The Bertz CT molecular complexity index is 807. The molecule has 5 nitrogen and oxygen atoms in total. The monoisotopic (exact) mass is 355 g/mol. The number of nitrogens with zero attached hydrogens (tertiary/aromatic N) is 3. The van der Waals surface area contributed by atoms with Crippen molar-refractivity contribution >= 4 is 10.9 Å². The molecule has 0 spiro atoms. The van der Waals surface area contributed by atoms with Crippen molar-refractivity contribution in [2.75, 3.05) is 26.2 Å². The van der Waals surface area contributed by atoms with Gasteiger partial charge in [-0.25, -0.2) is 4.98 Å². The Kier molecular flexibility index (Phi) is 5.54. The van der Waals surface area contributed by atoms with E-state index in [1.165, 1.54) is 38.8 Å². The van der Waals surface area contributed by atoms with Gasteiger partial charge in [0.25, 0.3) is 5.56 Å². The lowest BCUT2D eigenvalue weighted by Gasteiger charge is -2.19. The minimum atomic E-state index is 0.0831. The number of aromatic nitrogens is 2. The first-order valence-electron chi connectivity index (χ1n) is 10.2. The molecule has 0 amide bonds. The highest BCUT2D eigenvalue weighted by Gasteiger charge is 2.15. The van der Waals surface area contributed by atoms with Gasteiger partial charge in [0.05, 0.1) is 17.5 Å². The van der Waals surface area contributed by atoms with Gasteiger partial charge in [-0.2, -0.15) is 0 Å². The highest BCUT2D eigenvalue weighted by molar-refractivity contribution is 5.79. The molecule has 4 rings (SSSR count). The van der Waals surface area contributed by atoms with Crippen LogP contribution in [-0.2, 0) is 13.0 Å². The zero-order valence-electron chi connectivity index (χ0n) is 15.6. The molecule has 140 valence electrons. The smallest absolute Gasteiger partial charge is 0.261 e. The molecule has 0 aliphatic carbocycles. The molecule has 2 aromatic rings. The van der Waals surface area contributed by atoms with Crippen LogP contribution in [0.4, 0.5) is 0 Å².